The normalized spacial score (nSPS) is 18.8. The molecule has 0 aliphatic carbocycles. The number of carbonyl (C=O) groups is 2. The van der Waals surface area contributed by atoms with E-state index in [-0.39, 0.29) is 54.6 Å². The van der Waals surface area contributed by atoms with Gasteiger partial charge in [-0.05, 0) is 60.0 Å². The highest BCUT2D eigenvalue weighted by Crippen LogP contribution is 2.36. The molecule has 2 saturated heterocycles. The van der Waals surface area contributed by atoms with Gasteiger partial charge in [0.1, 0.15) is 12.1 Å². The first-order valence-corrected chi connectivity index (χ1v) is 17.2. The van der Waals surface area contributed by atoms with Gasteiger partial charge >= 0.3 is 0 Å². The molecule has 0 radical (unpaired) electrons. The van der Waals surface area contributed by atoms with Crippen molar-refractivity contribution < 1.29 is 19.4 Å². The summed E-state index contributed by atoms with van der Waals surface area (Å²) in [6.07, 6.45) is 5.84. The molecule has 0 unspecified atom stereocenters. The van der Waals surface area contributed by atoms with E-state index < -0.39 is 11.2 Å². The molecular weight excluding hydrogens is 646 g/mol. The summed E-state index contributed by atoms with van der Waals surface area (Å²) in [7, 11) is 0. The Morgan fingerprint density at radius 2 is 1.71 bits per heavy atom. The Morgan fingerprint density at radius 1 is 0.941 bits per heavy atom. The first-order valence-electron chi connectivity index (χ1n) is 17.2. The Bertz CT molecular complexity index is 2090. The Kier molecular flexibility index (Phi) is 9.52. The van der Waals surface area contributed by atoms with E-state index in [1.165, 1.54) is 10.9 Å². The number of nitrogens with zero attached hydrogens (tertiary/aromatic N) is 5. The minimum Gasteiger partial charge on any atom is -0.437 e. The highest BCUT2D eigenvalue weighted by molar-refractivity contribution is 6.07. The average molecular weight is 688 g/mol. The number of amides is 2. The van der Waals surface area contributed by atoms with Gasteiger partial charge in [0.25, 0.3) is 11.5 Å². The van der Waals surface area contributed by atoms with E-state index in [4.69, 9.17) is 16.2 Å². The van der Waals surface area contributed by atoms with Crippen molar-refractivity contribution in [3.05, 3.63) is 125 Å². The maximum Gasteiger partial charge on any atom is 0.280 e. The molecule has 5 N–H and O–H groups in total. The first-order chi connectivity index (χ1) is 24.7. The third-order valence-electron chi connectivity index (χ3n) is 10.2. The van der Waals surface area contributed by atoms with Crippen molar-refractivity contribution in [2.24, 2.45) is 11.7 Å². The van der Waals surface area contributed by atoms with Crippen LogP contribution in [0.25, 0.3) is 10.8 Å². The van der Waals surface area contributed by atoms with Crippen LogP contribution >= 0.6 is 0 Å². The molecule has 7 rings (SSSR count). The summed E-state index contributed by atoms with van der Waals surface area (Å²) in [6, 6.07) is 24.5. The van der Waals surface area contributed by atoms with Gasteiger partial charge in [-0.1, -0.05) is 54.6 Å². The van der Waals surface area contributed by atoms with Gasteiger partial charge in [0.2, 0.25) is 11.8 Å². The zero-order valence-corrected chi connectivity index (χ0v) is 28.2. The number of hydrogen-bond acceptors (Lipinski definition) is 9. The van der Waals surface area contributed by atoms with Crippen LogP contribution in [0.3, 0.4) is 0 Å². The van der Waals surface area contributed by atoms with E-state index in [0.29, 0.717) is 50.5 Å². The number of hydrogen-bond donors (Lipinski definition) is 3. The SMILES string of the molecule is NCc1ccc(Oc2ncn(CC3(O)CCN(C(=O)[C@@H]4CCN(C(=O)c5cccc6cnccc56)C[C@H]4c4ccccc4)CC3)c(=O)c2N)cc1. The van der Waals surface area contributed by atoms with Crippen molar-refractivity contribution in [2.75, 3.05) is 31.9 Å². The summed E-state index contributed by atoms with van der Waals surface area (Å²) < 4.78 is 7.03. The Hall–Kier alpha value is -5.59. The molecular formula is C39H41N7O5. The van der Waals surface area contributed by atoms with Gasteiger partial charge in [0.05, 0.1) is 12.1 Å². The van der Waals surface area contributed by atoms with Gasteiger partial charge in [-0.15, -0.1) is 0 Å². The van der Waals surface area contributed by atoms with E-state index in [0.717, 1.165) is 21.9 Å². The van der Waals surface area contributed by atoms with Crippen LogP contribution in [0.1, 0.15) is 46.7 Å². The van der Waals surface area contributed by atoms with E-state index in [9.17, 15) is 19.5 Å². The number of nitrogens with two attached hydrogens (primary N) is 2. The molecule has 51 heavy (non-hydrogen) atoms. The van der Waals surface area contributed by atoms with Crippen LogP contribution in [0.2, 0.25) is 0 Å². The number of nitrogen functional groups attached to an aromatic ring is 1. The summed E-state index contributed by atoms with van der Waals surface area (Å²) >= 11 is 0. The quantitative estimate of drug-likeness (QED) is 0.219. The predicted molar refractivity (Wildman–Crippen MR) is 193 cm³/mol. The molecule has 2 aliphatic heterocycles. The van der Waals surface area contributed by atoms with Crippen molar-refractivity contribution in [1.82, 2.24) is 24.3 Å². The average Bonchev–Trinajstić information content (AvgIpc) is 3.17. The zero-order valence-electron chi connectivity index (χ0n) is 28.2. The highest BCUT2D eigenvalue weighted by Gasteiger charge is 2.42. The second-order valence-corrected chi connectivity index (χ2v) is 13.5. The number of fused-ring (bicyclic) bond motifs is 1. The fourth-order valence-electron chi connectivity index (χ4n) is 7.29. The number of benzene rings is 3. The largest absolute Gasteiger partial charge is 0.437 e. The van der Waals surface area contributed by atoms with Crippen molar-refractivity contribution in [2.45, 2.75) is 43.9 Å². The lowest BCUT2D eigenvalue weighted by Gasteiger charge is -2.43. The summed E-state index contributed by atoms with van der Waals surface area (Å²) in [4.78, 5) is 53.4. The number of likely N-dealkylation sites (tertiary alicyclic amines) is 2. The van der Waals surface area contributed by atoms with Crippen LogP contribution in [0, 0.1) is 5.92 Å². The molecule has 262 valence electrons. The number of carbonyl (C=O) groups excluding carboxylic acids is 2. The van der Waals surface area contributed by atoms with Gasteiger partial charge in [0, 0.05) is 67.9 Å². The van der Waals surface area contributed by atoms with Crippen LogP contribution < -0.4 is 21.8 Å². The highest BCUT2D eigenvalue weighted by atomic mass is 16.5. The van der Waals surface area contributed by atoms with Gasteiger partial charge in [-0.3, -0.25) is 23.9 Å². The predicted octanol–water partition coefficient (Wildman–Crippen LogP) is 3.92. The number of piperidine rings is 2. The third kappa shape index (κ3) is 7.05. The van der Waals surface area contributed by atoms with E-state index in [2.05, 4.69) is 9.97 Å². The molecule has 12 nitrogen and oxygen atoms in total. The van der Waals surface area contributed by atoms with Crippen LogP contribution in [0.15, 0.2) is 102 Å². The van der Waals surface area contributed by atoms with Gasteiger partial charge < -0.3 is 31.1 Å². The van der Waals surface area contributed by atoms with Crippen LogP contribution in [-0.4, -0.2) is 73.0 Å². The second-order valence-electron chi connectivity index (χ2n) is 13.5. The van der Waals surface area contributed by atoms with E-state index >= 15 is 0 Å². The first kappa shape index (κ1) is 33.9. The summed E-state index contributed by atoms with van der Waals surface area (Å²) in [5, 5.41) is 13.3. The van der Waals surface area contributed by atoms with Crippen molar-refractivity contribution in [1.29, 1.82) is 0 Å². The molecule has 2 atom stereocenters. The number of rotatable bonds is 8. The van der Waals surface area contributed by atoms with Crippen molar-refractivity contribution in [3.8, 4) is 11.6 Å². The lowest BCUT2D eigenvalue weighted by Crippen LogP contribution is -2.53. The third-order valence-corrected chi connectivity index (χ3v) is 10.2. The van der Waals surface area contributed by atoms with Crippen molar-refractivity contribution in [3.63, 3.8) is 0 Å². The van der Waals surface area contributed by atoms with Crippen LogP contribution in [0.5, 0.6) is 11.6 Å². The maximum atomic E-state index is 14.2. The molecule has 12 heteroatoms. The van der Waals surface area contributed by atoms with Crippen LogP contribution in [0.4, 0.5) is 5.69 Å². The summed E-state index contributed by atoms with van der Waals surface area (Å²) in [5.74, 6) is -0.121. The molecule has 3 aromatic carbocycles. The Morgan fingerprint density at radius 3 is 2.45 bits per heavy atom. The molecule has 4 heterocycles. The molecule has 2 amide bonds. The van der Waals surface area contributed by atoms with Crippen molar-refractivity contribution >= 4 is 28.3 Å². The molecule has 5 aromatic rings. The fraction of sp³-hybridized carbons (Fsp3) is 0.308. The molecule has 0 bridgehead atoms. The zero-order chi connectivity index (χ0) is 35.5. The second kappa shape index (κ2) is 14.3. The lowest BCUT2D eigenvalue weighted by atomic mass is 9.79. The molecule has 2 aromatic heterocycles. The minimum atomic E-state index is -1.24. The summed E-state index contributed by atoms with van der Waals surface area (Å²) in [5.41, 5.74) is 12.4. The monoisotopic (exact) mass is 687 g/mol. The fourth-order valence-corrected chi connectivity index (χ4v) is 7.29. The molecule has 2 aliphatic rings. The van der Waals surface area contributed by atoms with E-state index in [1.54, 1.807) is 24.5 Å². The summed E-state index contributed by atoms with van der Waals surface area (Å²) in [6.45, 7) is 1.90. The smallest absolute Gasteiger partial charge is 0.280 e. The standard InChI is InChI=1S/C39H41N7O5/c40-21-26-9-11-29(12-10-26)51-35-34(41)38(49)46(25-43-35)24-39(50)15-19-44(20-16-39)36(47)32-14-18-45(23-33(32)27-5-2-1-3-6-27)37(48)31-8-4-7-28-22-42-17-13-30(28)31/h1-13,17,22,25,32-33,50H,14-16,18-21,23-24,40-41H2/t32-,33+/m1/s1. The topological polar surface area (TPSA) is 170 Å². The lowest BCUT2D eigenvalue weighted by molar-refractivity contribution is -0.142. The maximum absolute atomic E-state index is 14.2. The minimum absolute atomic E-state index is 0.0123. The van der Waals surface area contributed by atoms with E-state index in [1.807, 2.05) is 76.5 Å². The number of pyridine rings is 1. The Labute approximate surface area is 295 Å². The number of anilines is 1. The molecule has 2 fully saturated rings. The molecule has 0 saturated carbocycles. The Balaban J connectivity index is 1.02. The van der Waals surface area contributed by atoms with Gasteiger partial charge in [0.15, 0.2) is 5.69 Å². The number of aromatic nitrogens is 3. The number of aliphatic hydroxyl groups is 1. The van der Waals surface area contributed by atoms with Gasteiger partial charge in [-0.2, -0.15) is 0 Å². The van der Waals surface area contributed by atoms with Crippen LogP contribution in [-0.2, 0) is 17.9 Å². The number of ether oxygens (including phenoxy) is 1. The molecule has 0 spiro atoms. The van der Waals surface area contributed by atoms with Gasteiger partial charge in [-0.25, -0.2) is 4.98 Å².